The number of amides is 1. The van der Waals surface area contributed by atoms with Gasteiger partial charge >= 0.3 is 0 Å². The van der Waals surface area contributed by atoms with Gasteiger partial charge in [-0.25, -0.2) is 8.42 Å². The van der Waals surface area contributed by atoms with E-state index in [0.717, 1.165) is 6.42 Å². The molecule has 21 heavy (non-hydrogen) atoms. The van der Waals surface area contributed by atoms with E-state index in [0.29, 0.717) is 12.1 Å². The summed E-state index contributed by atoms with van der Waals surface area (Å²) in [5.41, 5.74) is -0.342. The normalized spacial score (nSPS) is 18.0. The van der Waals surface area contributed by atoms with Crippen molar-refractivity contribution < 1.29 is 18.3 Å². The fourth-order valence-electron chi connectivity index (χ4n) is 2.47. The number of aliphatic hydroxyl groups is 1. The Morgan fingerprint density at radius 3 is 2.38 bits per heavy atom. The molecule has 116 valence electrons. The van der Waals surface area contributed by atoms with Crippen molar-refractivity contribution >= 4 is 21.6 Å². The summed E-state index contributed by atoms with van der Waals surface area (Å²) in [6.07, 6.45) is 1.41. The second-order valence-electron chi connectivity index (χ2n) is 5.45. The van der Waals surface area contributed by atoms with E-state index in [-0.39, 0.29) is 23.9 Å². The third kappa shape index (κ3) is 3.42. The zero-order valence-electron chi connectivity index (χ0n) is 12.2. The first-order valence-corrected chi connectivity index (χ1v) is 8.31. The Morgan fingerprint density at radius 1 is 1.33 bits per heavy atom. The summed E-state index contributed by atoms with van der Waals surface area (Å²) >= 11 is 0. The molecule has 1 saturated heterocycles. The highest BCUT2D eigenvalue weighted by molar-refractivity contribution is 7.89. The molecule has 0 atom stereocenters. The van der Waals surface area contributed by atoms with Crippen molar-refractivity contribution in [1.29, 1.82) is 0 Å². The van der Waals surface area contributed by atoms with E-state index in [1.807, 2.05) is 6.92 Å². The number of anilines is 1. The third-order valence-electron chi connectivity index (χ3n) is 3.47. The number of nitrogens with zero attached hydrogens (tertiary/aromatic N) is 1. The van der Waals surface area contributed by atoms with E-state index in [2.05, 4.69) is 5.32 Å². The number of hydrogen-bond donors (Lipinski definition) is 2. The maximum Gasteiger partial charge on any atom is 0.243 e. The molecular weight excluding hydrogens is 292 g/mol. The van der Waals surface area contributed by atoms with Crippen LogP contribution < -0.4 is 5.32 Å². The number of rotatable bonds is 5. The molecule has 0 aromatic heterocycles. The van der Waals surface area contributed by atoms with Crippen LogP contribution in [0.2, 0.25) is 0 Å². The molecule has 1 aliphatic rings. The lowest BCUT2D eigenvalue weighted by atomic mass is 9.92. The van der Waals surface area contributed by atoms with Gasteiger partial charge in [0.25, 0.3) is 0 Å². The van der Waals surface area contributed by atoms with Crippen LogP contribution in [0.25, 0.3) is 0 Å². The van der Waals surface area contributed by atoms with Crippen molar-refractivity contribution in [1.82, 2.24) is 4.31 Å². The van der Waals surface area contributed by atoms with E-state index in [1.165, 1.54) is 23.4 Å². The quantitative estimate of drug-likeness (QED) is 0.855. The summed E-state index contributed by atoms with van der Waals surface area (Å²) in [5, 5.41) is 12.7. The van der Waals surface area contributed by atoms with Crippen molar-refractivity contribution in [2.45, 2.75) is 37.2 Å². The standard InChI is InChI=1S/C14H20N2O4S/c1-3-8-14(18)9-16(10-14)21(19,20)13-6-4-12(5-7-13)15-11(2)17/h4-7,18H,3,8-10H2,1-2H3,(H,15,17). The molecule has 2 rings (SSSR count). The van der Waals surface area contributed by atoms with Gasteiger partial charge in [-0.05, 0) is 30.7 Å². The first kappa shape index (κ1) is 15.9. The second kappa shape index (κ2) is 5.75. The lowest BCUT2D eigenvalue weighted by Gasteiger charge is -2.45. The van der Waals surface area contributed by atoms with Crippen molar-refractivity contribution in [3.63, 3.8) is 0 Å². The number of β-amino-alcohol motifs (C(OH)–C–C–N with tert-alkyl or cyclic N) is 1. The van der Waals surface area contributed by atoms with Crippen molar-refractivity contribution in [3.8, 4) is 0 Å². The highest BCUT2D eigenvalue weighted by atomic mass is 32.2. The molecule has 7 heteroatoms. The fraction of sp³-hybridized carbons (Fsp3) is 0.500. The first-order chi connectivity index (χ1) is 9.77. The average Bonchev–Trinajstić information content (AvgIpc) is 2.36. The van der Waals surface area contributed by atoms with E-state index >= 15 is 0 Å². The lowest BCUT2D eigenvalue weighted by molar-refractivity contribution is -0.114. The average molecular weight is 312 g/mol. The van der Waals surface area contributed by atoms with E-state index in [9.17, 15) is 18.3 Å². The Labute approximate surface area is 124 Å². The zero-order valence-corrected chi connectivity index (χ0v) is 13.0. The van der Waals surface area contributed by atoms with Crippen LogP contribution in [0.5, 0.6) is 0 Å². The molecule has 1 amide bonds. The molecule has 1 fully saturated rings. The number of hydrogen-bond acceptors (Lipinski definition) is 4. The zero-order chi connectivity index (χ0) is 15.7. The molecule has 6 nitrogen and oxygen atoms in total. The minimum atomic E-state index is -3.58. The third-order valence-corrected chi connectivity index (χ3v) is 5.28. The van der Waals surface area contributed by atoms with Crippen LogP contribution in [0.4, 0.5) is 5.69 Å². The molecular formula is C14H20N2O4S. The predicted molar refractivity (Wildman–Crippen MR) is 79.4 cm³/mol. The van der Waals surface area contributed by atoms with Crippen molar-refractivity contribution in [2.75, 3.05) is 18.4 Å². The van der Waals surface area contributed by atoms with Gasteiger partial charge in [-0.3, -0.25) is 4.79 Å². The van der Waals surface area contributed by atoms with Gasteiger partial charge in [0.2, 0.25) is 15.9 Å². The molecule has 0 aliphatic carbocycles. The number of benzene rings is 1. The van der Waals surface area contributed by atoms with Crippen LogP contribution in [0.1, 0.15) is 26.7 Å². The van der Waals surface area contributed by atoms with Gasteiger partial charge in [0.05, 0.1) is 10.5 Å². The summed E-state index contributed by atoms with van der Waals surface area (Å²) < 4.78 is 26.0. The minimum absolute atomic E-state index is 0.136. The second-order valence-corrected chi connectivity index (χ2v) is 7.39. The molecule has 0 unspecified atom stereocenters. The molecule has 1 aromatic carbocycles. The SMILES string of the molecule is CCCC1(O)CN(S(=O)(=O)c2ccc(NC(C)=O)cc2)C1. The van der Waals surface area contributed by atoms with Crippen LogP contribution in [0.3, 0.4) is 0 Å². The molecule has 1 aliphatic heterocycles. The van der Waals surface area contributed by atoms with Gasteiger partial charge in [0.1, 0.15) is 0 Å². The number of carbonyl (C=O) groups is 1. The summed E-state index contributed by atoms with van der Waals surface area (Å²) in [7, 11) is -3.58. The first-order valence-electron chi connectivity index (χ1n) is 6.87. The summed E-state index contributed by atoms with van der Waals surface area (Å²) in [4.78, 5) is 11.1. The molecule has 1 heterocycles. The summed E-state index contributed by atoms with van der Waals surface area (Å²) in [5.74, 6) is -0.210. The molecule has 0 spiro atoms. The molecule has 0 bridgehead atoms. The largest absolute Gasteiger partial charge is 0.387 e. The van der Waals surface area contributed by atoms with Crippen LogP contribution >= 0.6 is 0 Å². The lowest BCUT2D eigenvalue weighted by Crippen LogP contribution is -2.63. The Kier molecular flexibility index (Phi) is 4.36. The van der Waals surface area contributed by atoms with Gasteiger partial charge in [0.15, 0.2) is 0 Å². The van der Waals surface area contributed by atoms with E-state index in [4.69, 9.17) is 0 Å². The molecule has 2 N–H and O–H groups in total. The van der Waals surface area contributed by atoms with Crippen molar-refractivity contribution in [3.05, 3.63) is 24.3 Å². The molecule has 0 saturated carbocycles. The minimum Gasteiger partial charge on any atom is -0.387 e. The number of nitrogens with one attached hydrogen (secondary N) is 1. The maximum absolute atomic E-state index is 12.4. The highest BCUT2D eigenvalue weighted by Gasteiger charge is 2.46. The summed E-state index contributed by atoms with van der Waals surface area (Å²) in [6, 6.07) is 6.01. The maximum atomic E-state index is 12.4. The fourth-order valence-corrected chi connectivity index (χ4v) is 4.06. The van der Waals surface area contributed by atoms with Gasteiger partial charge < -0.3 is 10.4 Å². The van der Waals surface area contributed by atoms with Gasteiger partial charge in [-0.1, -0.05) is 13.3 Å². The summed E-state index contributed by atoms with van der Waals surface area (Å²) in [6.45, 7) is 3.61. The van der Waals surface area contributed by atoms with Crippen LogP contribution in [-0.4, -0.2) is 42.4 Å². The Hall–Kier alpha value is -1.44. The topological polar surface area (TPSA) is 86.7 Å². The van der Waals surface area contributed by atoms with E-state index < -0.39 is 15.6 Å². The smallest absolute Gasteiger partial charge is 0.243 e. The van der Waals surface area contributed by atoms with Crippen LogP contribution in [-0.2, 0) is 14.8 Å². The Balaban J connectivity index is 2.09. The Bertz CT molecular complexity index is 619. The number of sulfonamides is 1. The van der Waals surface area contributed by atoms with Crippen LogP contribution in [0, 0.1) is 0 Å². The van der Waals surface area contributed by atoms with Gasteiger partial charge in [-0.15, -0.1) is 0 Å². The van der Waals surface area contributed by atoms with Crippen molar-refractivity contribution in [2.24, 2.45) is 0 Å². The highest BCUT2D eigenvalue weighted by Crippen LogP contribution is 2.31. The molecule has 0 radical (unpaired) electrons. The number of carbonyl (C=O) groups excluding carboxylic acids is 1. The Morgan fingerprint density at radius 2 is 1.90 bits per heavy atom. The van der Waals surface area contributed by atoms with E-state index in [1.54, 1.807) is 12.1 Å². The van der Waals surface area contributed by atoms with Gasteiger partial charge in [0, 0.05) is 25.7 Å². The molecule has 1 aromatic rings. The van der Waals surface area contributed by atoms with Crippen LogP contribution in [0.15, 0.2) is 29.2 Å². The monoisotopic (exact) mass is 312 g/mol. The predicted octanol–water partition coefficient (Wildman–Crippen LogP) is 1.18. The van der Waals surface area contributed by atoms with Gasteiger partial charge in [-0.2, -0.15) is 4.31 Å².